The summed E-state index contributed by atoms with van der Waals surface area (Å²) in [6, 6.07) is 0. The summed E-state index contributed by atoms with van der Waals surface area (Å²) in [5.41, 5.74) is 0.310. The van der Waals surface area contributed by atoms with Crippen molar-refractivity contribution in [1.82, 2.24) is 0 Å². The molecule has 0 amide bonds. The average molecular weight is 683 g/mol. The quantitative estimate of drug-likeness (QED) is 0.118. The van der Waals surface area contributed by atoms with Gasteiger partial charge in [0, 0.05) is 39.0 Å². The second kappa shape index (κ2) is 14.8. The summed E-state index contributed by atoms with van der Waals surface area (Å²) in [7, 11) is 0. The van der Waals surface area contributed by atoms with Crippen LogP contribution in [-0.2, 0) is 61.9 Å². The van der Waals surface area contributed by atoms with Crippen LogP contribution in [0.4, 0.5) is 0 Å². The molecule has 14 heteroatoms. The number of allylic oxidation sites excluding steroid dienone is 9. The molecule has 0 aromatic rings. The van der Waals surface area contributed by atoms with Crippen LogP contribution in [0.15, 0.2) is 82.4 Å². The first-order valence-electron chi connectivity index (χ1n) is 15.7. The SMILES string of the molecule is C/C=C/C(C)=C/C=C1C(=O)OC2(CCC3(CC2)OC(=O)C(/C=C/C(C)=C/C=C2C(=O)OC(C)(CCC(=O)OCC)OC2=O)=C(O)O3)OC1=O. The fraction of sp³-hybridized carbons (Fsp3) is 0.429. The van der Waals surface area contributed by atoms with Gasteiger partial charge in [0.25, 0.3) is 23.3 Å². The third kappa shape index (κ3) is 8.75. The zero-order valence-electron chi connectivity index (χ0n) is 27.8. The number of aliphatic hydroxyl groups is 1. The topological polar surface area (TPSA) is 187 Å². The minimum Gasteiger partial charge on any atom is -0.480 e. The monoisotopic (exact) mass is 682 g/mol. The number of hydrogen-bond acceptors (Lipinski definition) is 14. The first-order valence-corrected chi connectivity index (χ1v) is 15.7. The van der Waals surface area contributed by atoms with Gasteiger partial charge in [0.15, 0.2) is 0 Å². The molecule has 0 aromatic heterocycles. The van der Waals surface area contributed by atoms with Gasteiger partial charge in [0.2, 0.25) is 0 Å². The maximum atomic E-state index is 12.9. The summed E-state index contributed by atoms with van der Waals surface area (Å²) in [5, 5.41) is 10.6. The lowest BCUT2D eigenvalue weighted by Crippen LogP contribution is -2.54. The van der Waals surface area contributed by atoms with Crippen LogP contribution >= 0.6 is 0 Å². The van der Waals surface area contributed by atoms with Crippen LogP contribution in [0, 0.1) is 0 Å². The van der Waals surface area contributed by atoms with Crippen LogP contribution in [-0.4, -0.2) is 64.9 Å². The molecule has 0 aromatic carbocycles. The molecule has 2 spiro atoms. The van der Waals surface area contributed by atoms with E-state index in [1.165, 1.54) is 37.3 Å². The molecule has 262 valence electrons. The van der Waals surface area contributed by atoms with E-state index in [2.05, 4.69) is 0 Å². The fourth-order valence-corrected chi connectivity index (χ4v) is 5.24. The van der Waals surface area contributed by atoms with E-state index in [1.807, 2.05) is 13.0 Å². The van der Waals surface area contributed by atoms with E-state index in [1.54, 1.807) is 32.9 Å². The molecule has 0 unspecified atom stereocenters. The Morgan fingerprint density at radius 1 is 0.755 bits per heavy atom. The van der Waals surface area contributed by atoms with Gasteiger partial charge >= 0.3 is 35.8 Å². The zero-order chi connectivity index (χ0) is 36.0. The molecule has 1 saturated carbocycles. The summed E-state index contributed by atoms with van der Waals surface area (Å²) >= 11 is 0. The average Bonchev–Trinajstić information content (AvgIpc) is 3.01. The second-order valence-corrected chi connectivity index (χ2v) is 11.8. The van der Waals surface area contributed by atoms with Crippen LogP contribution in [0.1, 0.15) is 73.1 Å². The molecule has 0 bridgehead atoms. The molecule has 1 N–H and O–H groups in total. The van der Waals surface area contributed by atoms with Crippen LogP contribution in [0.25, 0.3) is 0 Å². The minimum absolute atomic E-state index is 0.0527. The molecule has 3 heterocycles. The van der Waals surface area contributed by atoms with E-state index in [0.29, 0.717) is 5.57 Å². The number of carbonyl (C=O) groups is 6. The predicted octanol–water partition coefficient (Wildman–Crippen LogP) is 4.43. The van der Waals surface area contributed by atoms with Crippen molar-refractivity contribution in [1.29, 1.82) is 0 Å². The molecule has 49 heavy (non-hydrogen) atoms. The maximum Gasteiger partial charge on any atom is 0.348 e. The van der Waals surface area contributed by atoms with E-state index in [0.717, 1.165) is 5.57 Å². The molecule has 4 aliphatic rings. The van der Waals surface area contributed by atoms with Crippen LogP contribution in [0.5, 0.6) is 0 Å². The Kier molecular flexibility index (Phi) is 11.0. The van der Waals surface area contributed by atoms with Gasteiger partial charge in [0.1, 0.15) is 16.7 Å². The maximum absolute atomic E-state index is 12.9. The van der Waals surface area contributed by atoms with Crippen LogP contribution in [0.2, 0.25) is 0 Å². The van der Waals surface area contributed by atoms with Crippen molar-refractivity contribution >= 4 is 35.8 Å². The number of ether oxygens (including phenoxy) is 7. The van der Waals surface area contributed by atoms with Gasteiger partial charge < -0.3 is 38.3 Å². The first-order chi connectivity index (χ1) is 23.1. The van der Waals surface area contributed by atoms with Crippen molar-refractivity contribution in [2.45, 2.75) is 90.5 Å². The van der Waals surface area contributed by atoms with Crippen molar-refractivity contribution in [3.05, 3.63) is 82.4 Å². The Morgan fingerprint density at radius 3 is 1.71 bits per heavy atom. The molecule has 1 aliphatic carbocycles. The summed E-state index contributed by atoms with van der Waals surface area (Å²) in [6.07, 6.45) is 11.3. The van der Waals surface area contributed by atoms with Gasteiger partial charge in [-0.1, -0.05) is 41.5 Å². The molecule has 4 rings (SSSR count). The van der Waals surface area contributed by atoms with E-state index < -0.39 is 64.7 Å². The third-order valence-electron chi connectivity index (χ3n) is 7.90. The van der Waals surface area contributed by atoms with Gasteiger partial charge in [-0.05, 0) is 45.9 Å². The number of rotatable bonds is 9. The number of cyclic esters (lactones) is 2. The van der Waals surface area contributed by atoms with E-state index in [4.69, 9.17) is 33.2 Å². The van der Waals surface area contributed by atoms with Crippen LogP contribution in [0.3, 0.4) is 0 Å². The number of carbonyl (C=O) groups excluding carboxylic acids is 6. The van der Waals surface area contributed by atoms with Crippen molar-refractivity contribution in [2.24, 2.45) is 0 Å². The fourth-order valence-electron chi connectivity index (χ4n) is 5.24. The van der Waals surface area contributed by atoms with Gasteiger partial charge in [-0.15, -0.1) is 0 Å². The van der Waals surface area contributed by atoms with Gasteiger partial charge in [-0.25, -0.2) is 24.0 Å². The first kappa shape index (κ1) is 36.4. The van der Waals surface area contributed by atoms with Crippen molar-refractivity contribution in [3.8, 4) is 0 Å². The molecule has 2 saturated heterocycles. The highest BCUT2D eigenvalue weighted by Gasteiger charge is 2.56. The Labute approximate surface area is 282 Å². The lowest BCUT2D eigenvalue weighted by Gasteiger charge is -2.46. The Bertz CT molecular complexity index is 1600. The summed E-state index contributed by atoms with van der Waals surface area (Å²) in [5.74, 6) is -10.5. The normalized spacial score (nSPS) is 27.9. The predicted molar refractivity (Wildman–Crippen MR) is 167 cm³/mol. The second-order valence-electron chi connectivity index (χ2n) is 11.8. The largest absolute Gasteiger partial charge is 0.480 e. The smallest absolute Gasteiger partial charge is 0.348 e. The lowest BCUT2D eigenvalue weighted by molar-refractivity contribution is -0.297. The lowest BCUT2D eigenvalue weighted by atomic mass is 9.87. The van der Waals surface area contributed by atoms with E-state index in [9.17, 15) is 33.9 Å². The molecule has 14 nitrogen and oxygen atoms in total. The van der Waals surface area contributed by atoms with Gasteiger partial charge in [0.05, 0.1) is 13.0 Å². The van der Waals surface area contributed by atoms with E-state index in [-0.39, 0.29) is 56.3 Å². The highest BCUT2D eigenvalue weighted by Crippen LogP contribution is 2.45. The Balaban J connectivity index is 1.37. The Morgan fingerprint density at radius 2 is 1.22 bits per heavy atom. The van der Waals surface area contributed by atoms with Crippen molar-refractivity contribution < 1.29 is 67.0 Å². The highest BCUT2D eigenvalue weighted by molar-refractivity contribution is 6.16. The number of aliphatic hydroxyl groups excluding tert-OH is 1. The summed E-state index contributed by atoms with van der Waals surface area (Å²) in [4.78, 5) is 75.0. The molecule has 3 aliphatic heterocycles. The number of hydrogen-bond donors (Lipinski definition) is 1. The molecular formula is C35H38O14. The van der Waals surface area contributed by atoms with Crippen LogP contribution < -0.4 is 0 Å². The molecule has 3 fully saturated rings. The summed E-state index contributed by atoms with van der Waals surface area (Å²) in [6.45, 7) is 8.43. The van der Waals surface area contributed by atoms with Crippen molar-refractivity contribution in [3.63, 3.8) is 0 Å². The minimum atomic E-state index is -1.63. The van der Waals surface area contributed by atoms with E-state index >= 15 is 0 Å². The molecule has 0 radical (unpaired) electrons. The van der Waals surface area contributed by atoms with Gasteiger partial charge in [-0.3, -0.25) is 4.79 Å². The standard InChI is InChI=1S/C35H38O14/c1-6-8-21(3)9-12-24-29(39)46-34(47-30(24)40)17-19-35(20-18-34)48-31(41)25(32(42)49-35)14-11-22(4)10-13-23-27(37)44-33(5,45-28(23)38)16-15-26(36)43-7-2/h6,8-14,41H,7,15-20H2,1-5H3/b8-6+,14-11+,21-9+,22-10+,23-13?,24-12?. The molecular weight excluding hydrogens is 644 g/mol. The van der Waals surface area contributed by atoms with Gasteiger partial charge in [-0.2, -0.15) is 0 Å². The Hall–Kier alpha value is -5.40. The summed E-state index contributed by atoms with van der Waals surface area (Å²) < 4.78 is 37.6. The highest BCUT2D eigenvalue weighted by atomic mass is 16.8. The zero-order valence-corrected chi connectivity index (χ0v) is 27.8. The molecule has 0 atom stereocenters. The number of esters is 6. The van der Waals surface area contributed by atoms with Crippen molar-refractivity contribution in [2.75, 3.05) is 6.61 Å². The third-order valence-corrected chi connectivity index (χ3v) is 7.90.